The first-order chi connectivity index (χ1) is 15.9. The van der Waals surface area contributed by atoms with Crippen molar-refractivity contribution < 1.29 is 23.8 Å². The summed E-state index contributed by atoms with van der Waals surface area (Å²) < 4.78 is 18.0. The van der Waals surface area contributed by atoms with Gasteiger partial charge in [-0.25, -0.2) is 4.79 Å². The second-order valence-electron chi connectivity index (χ2n) is 7.95. The summed E-state index contributed by atoms with van der Waals surface area (Å²) in [5.74, 6) is 0.219. The van der Waals surface area contributed by atoms with Crippen molar-refractivity contribution in [1.29, 1.82) is 0 Å². The molecule has 0 radical (unpaired) electrons. The molecule has 2 heterocycles. The van der Waals surface area contributed by atoms with E-state index in [9.17, 15) is 9.59 Å². The van der Waals surface area contributed by atoms with Crippen LogP contribution in [0.15, 0.2) is 48.5 Å². The average molecular weight is 447 g/mol. The molecule has 1 aromatic heterocycles. The van der Waals surface area contributed by atoms with Gasteiger partial charge in [-0.15, -0.1) is 0 Å². The number of hydrogen-bond donors (Lipinski definition) is 0. The molecule has 0 fully saturated rings. The third-order valence-electron chi connectivity index (χ3n) is 5.49. The number of aromatic nitrogens is 2. The predicted octanol–water partition coefficient (Wildman–Crippen LogP) is 4.07. The number of ketones is 1. The highest BCUT2D eigenvalue weighted by Gasteiger charge is 2.16. The molecule has 0 amide bonds. The van der Waals surface area contributed by atoms with Crippen molar-refractivity contribution in [3.63, 3.8) is 0 Å². The van der Waals surface area contributed by atoms with E-state index in [1.165, 1.54) is 11.6 Å². The van der Waals surface area contributed by atoms with Crippen molar-refractivity contribution in [3.05, 3.63) is 82.2 Å². The summed E-state index contributed by atoms with van der Waals surface area (Å²) >= 11 is 0. The summed E-state index contributed by atoms with van der Waals surface area (Å²) in [6.07, 6.45) is 3.00. The smallest absolute Gasteiger partial charge is 0.331 e. The van der Waals surface area contributed by atoms with E-state index in [0.29, 0.717) is 36.8 Å². The molecule has 0 spiro atoms. The van der Waals surface area contributed by atoms with Gasteiger partial charge in [0.05, 0.1) is 12.2 Å². The molecule has 1 aliphatic heterocycles. The third-order valence-corrected chi connectivity index (χ3v) is 5.49. The number of esters is 1. The van der Waals surface area contributed by atoms with Crippen molar-refractivity contribution in [2.24, 2.45) is 0 Å². The normalized spacial score (nSPS) is 12.7. The van der Waals surface area contributed by atoms with E-state index >= 15 is 0 Å². The molecule has 0 saturated carbocycles. The van der Waals surface area contributed by atoms with E-state index in [-0.39, 0.29) is 12.4 Å². The lowest BCUT2D eigenvalue weighted by molar-refractivity contribution is -0.136. The highest BCUT2D eigenvalue weighted by atomic mass is 16.6. The minimum absolute atomic E-state index is 0.313. The molecular weight excluding hydrogens is 420 g/mol. The fourth-order valence-corrected chi connectivity index (χ4v) is 3.61. The van der Waals surface area contributed by atoms with Crippen LogP contribution >= 0.6 is 0 Å². The number of fused-ring (bicyclic) bond motifs is 1. The van der Waals surface area contributed by atoms with Crippen LogP contribution in [0.2, 0.25) is 0 Å². The molecule has 33 heavy (non-hydrogen) atoms. The van der Waals surface area contributed by atoms with E-state index in [2.05, 4.69) is 36.3 Å². The molecule has 0 N–H and O–H groups in total. The van der Waals surface area contributed by atoms with Crippen LogP contribution in [0.1, 0.15) is 38.4 Å². The molecular formula is C26H26N2O5. The predicted molar refractivity (Wildman–Crippen MR) is 124 cm³/mol. The standard InChI is InChI=1S/C26H26N2O5/c1-17-4-6-20(7-5-17)15-28-19(3)22(18(2)27-28)9-11-26(30)33-16-23(29)21-8-10-24-25(14-21)32-13-12-31-24/h4-11,14H,12-13,15-16H2,1-3H3/b11-9+. The number of carbonyl (C=O) groups is 2. The first-order valence-electron chi connectivity index (χ1n) is 10.8. The van der Waals surface area contributed by atoms with Crippen LogP contribution in [0, 0.1) is 20.8 Å². The lowest BCUT2D eigenvalue weighted by Crippen LogP contribution is -2.17. The van der Waals surface area contributed by atoms with Gasteiger partial charge in [-0.3, -0.25) is 9.48 Å². The maximum Gasteiger partial charge on any atom is 0.331 e. The summed E-state index contributed by atoms with van der Waals surface area (Å²) in [5.41, 5.74) is 5.39. The molecule has 7 nitrogen and oxygen atoms in total. The van der Waals surface area contributed by atoms with Crippen LogP contribution in [0.25, 0.3) is 6.08 Å². The molecule has 2 aromatic carbocycles. The number of benzene rings is 2. The number of ether oxygens (including phenoxy) is 3. The van der Waals surface area contributed by atoms with Gasteiger partial charge in [0.25, 0.3) is 0 Å². The van der Waals surface area contributed by atoms with Crippen LogP contribution in [0.3, 0.4) is 0 Å². The number of hydrogen-bond acceptors (Lipinski definition) is 6. The quantitative estimate of drug-likeness (QED) is 0.309. The molecule has 0 unspecified atom stereocenters. The fraction of sp³-hybridized carbons (Fsp3) is 0.269. The Morgan fingerprint density at radius 1 is 1.03 bits per heavy atom. The van der Waals surface area contributed by atoms with Gasteiger partial charge in [0.1, 0.15) is 13.2 Å². The molecule has 1 aliphatic rings. The number of rotatable bonds is 7. The second kappa shape index (κ2) is 9.73. The van der Waals surface area contributed by atoms with Crippen molar-refractivity contribution >= 4 is 17.8 Å². The first kappa shape index (κ1) is 22.3. The highest BCUT2D eigenvalue weighted by molar-refractivity contribution is 5.99. The maximum absolute atomic E-state index is 12.4. The SMILES string of the molecule is Cc1ccc(Cn2nc(C)c(/C=C/C(=O)OCC(=O)c3ccc4c(c3)OCCO4)c2C)cc1. The maximum atomic E-state index is 12.4. The molecule has 0 atom stereocenters. The topological polar surface area (TPSA) is 79.7 Å². The summed E-state index contributed by atoms with van der Waals surface area (Å²) in [5, 5.41) is 4.59. The summed E-state index contributed by atoms with van der Waals surface area (Å²) in [7, 11) is 0. The number of nitrogens with zero attached hydrogens (tertiary/aromatic N) is 2. The minimum atomic E-state index is -0.592. The van der Waals surface area contributed by atoms with Gasteiger partial charge in [0.2, 0.25) is 0 Å². The van der Waals surface area contributed by atoms with Crippen LogP contribution in [-0.4, -0.2) is 41.4 Å². The average Bonchev–Trinajstić information content (AvgIpc) is 3.09. The van der Waals surface area contributed by atoms with Gasteiger partial charge in [0, 0.05) is 22.9 Å². The van der Waals surface area contributed by atoms with E-state index in [1.807, 2.05) is 18.5 Å². The van der Waals surface area contributed by atoms with Gasteiger partial charge in [-0.05, 0) is 50.6 Å². The van der Waals surface area contributed by atoms with Crippen LogP contribution in [0.5, 0.6) is 11.5 Å². The van der Waals surface area contributed by atoms with Crippen molar-refractivity contribution in [2.75, 3.05) is 19.8 Å². The number of carbonyl (C=O) groups excluding carboxylic acids is 2. The Morgan fingerprint density at radius 2 is 1.76 bits per heavy atom. The molecule has 170 valence electrons. The summed E-state index contributed by atoms with van der Waals surface area (Å²) in [6.45, 7) is 7.13. The third kappa shape index (κ3) is 5.31. The Balaban J connectivity index is 1.36. The Hall–Kier alpha value is -3.87. The number of aryl methyl sites for hydroxylation is 2. The van der Waals surface area contributed by atoms with E-state index in [1.54, 1.807) is 24.3 Å². The van der Waals surface area contributed by atoms with E-state index in [4.69, 9.17) is 14.2 Å². The molecule has 4 rings (SSSR count). The van der Waals surface area contributed by atoms with E-state index in [0.717, 1.165) is 22.5 Å². The lowest BCUT2D eigenvalue weighted by Gasteiger charge is -2.18. The zero-order chi connectivity index (χ0) is 23.4. The van der Waals surface area contributed by atoms with Crippen molar-refractivity contribution in [1.82, 2.24) is 9.78 Å². The zero-order valence-electron chi connectivity index (χ0n) is 19.0. The highest BCUT2D eigenvalue weighted by Crippen LogP contribution is 2.30. The summed E-state index contributed by atoms with van der Waals surface area (Å²) in [6, 6.07) is 13.2. The van der Waals surface area contributed by atoms with Gasteiger partial charge < -0.3 is 14.2 Å². The second-order valence-corrected chi connectivity index (χ2v) is 7.95. The Morgan fingerprint density at radius 3 is 2.52 bits per heavy atom. The van der Waals surface area contributed by atoms with Gasteiger partial charge in [0.15, 0.2) is 23.9 Å². The van der Waals surface area contributed by atoms with Gasteiger partial charge in [-0.1, -0.05) is 29.8 Å². The molecule has 3 aromatic rings. The van der Waals surface area contributed by atoms with Gasteiger partial charge in [-0.2, -0.15) is 5.10 Å². The fourth-order valence-electron chi connectivity index (χ4n) is 3.61. The Labute approximate surface area is 192 Å². The minimum Gasteiger partial charge on any atom is -0.486 e. The van der Waals surface area contributed by atoms with Crippen LogP contribution in [0.4, 0.5) is 0 Å². The Kier molecular flexibility index (Phi) is 6.58. The largest absolute Gasteiger partial charge is 0.486 e. The monoisotopic (exact) mass is 446 g/mol. The molecule has 0 aliphatic carbocycles. The van der Waals surface area contributed by atoms with Crippen LogP contribution in [-0.2, 0) is 16.1 Å². The van der Waals surface area contributed by atoms with Crippen molar-refractivity contribution in [2.45, 2.75) is 27.3 Å². The molecule has 0 saturated heterocycles. The van der Waals surface area contributed by atoms with Crippen LogP contribution < -0.4 is 9.47 Å². The molecule has 0 bridgehead atoms. The van der Waals surface area contributed by atoms with Crippen molar-refractivity contribution in [3.8, 4) is 11.5 Å². The molecule has 7 heteroatoms. The Bertz CT molecular complexity index is 1210. The lowest BCUT2D eigenvalue weighted by atomic mass is 10.1. The summed E-state index contributed by atoms with van der Waals surface area (Å²) in [4.78, 5) is 24.6. The first-order valence-corrected chi connectivity index (χ1v) is 10.8. The van der Waals surface area contributed by atoms with Gasteiger partial charge >= 0.3 is 5.97 Å². The van der Waals surface area contributed by atoms with E-state index < -0.39 is 5.97 Å². The number of Topliss-reactive ketones (excluding diaryl/α,β-unsaturated/α-hetero) is 1. The zero-order valence-corrected chi connectivity index (χ0v) is 19.0.